The molecule has 1 amide bonds. The van der Waals surface area contributed by atoms with E-state index < -0.39 is 0 Å². The zero-order chi connectivity index (χ0) is 15.1. The number of pyridine rings is 1. The fraction of sp³-hybridized carbons (Fsp3) is 0.294. The molecule has 21 heavy (non-hydrogen) atoms. The molecule has 0 saturated heterocycles. The number of rotatable bonds is 6. The van der Waals surface area contributed by atoms with Crippen molar-refractivity contribution in [3.8, 4) is 5.75 Å². The lowest BCUT2D eigenvalue weighted by molar-refractivity contribution is -0.118. The Hall–Kier alpha value is -2.36. The van der Waals surface area contributed by atoms with Crippen LogP contribution in [0.25, 0.3) is 0 Å². The molecule has 110 valence electrons. The first-order chi connectivity index (χ1) is 10.2. The monoisotopic (exact) mass is 284 g/mol. The molecular weight excluding hydrogens is 264 g/mol. The van der Waals surface area contributed by atoms with Crippen LogP contribution < -0.4 is 10.1 Å². The fourth-order valence-electron chi connectivity index (χ4n) is 1.93. The van der Waals surface area contributed by atoms with E-state index in [1.54, 1.807) is 6.20 Å². The van der Waals surface area contributed by atoms with Gasteiger partial charge >= 0.3 is 0 Å². The molecule has 4 heteroatoms. The van der Waals surface area contributed by atoms with Crippen LogP contribution in [0.3, 0.4) is 0 Å². The number of ether oxygens (including phenoxy) is 1. The van der Waals surface area contributed by atoms with Crippen molar-refractivity contribution in [1.82, 2.24) is 4.98 Å². The average molecular weight is 284 g/mol. The largest absolute Gasteiger partial charge is 0.484 e. The second kappa shape index (κ2) is 7.43. The van der Waals surface area contributed by atoms with Crippen molar-refractivity contribution in [3.63, 3.8) is 0 Å². The second-order valence-electron chi connectivity index (χ2n) is 4.92. The van der Waals surface area contributed by atoms with E-state index in [2.05, 4.69) is 17.2 Å². The molecule has 2 aromatic rings. The Balaban J connectivity index is 1.81. The van der Waals surface area contributed by atoms with Crippen molar-refractivity contribution in [3.05, 3.63) is 53.9 Å². The highest BCUT2D eigenvalue weighted by molar-refractivity contribution is 5.91. The fourth-order valence-corrected chi connectivity index (χ4v) is 1.93. The third-order valence-electron chi connectivity index (χ3n) is 3.03. The molecular formula is C17H20N2O2. The number of aryl methyl sites for hydroxylation is 2. The van der Waals surface area contributed by atoms with E-state index in [4.69, 9.17) is 4.74 Å². The van der Waals surface area contributed by atoms with E-state index in [0.29, 0.717) is 11.4 Å². The van der Waals surface area contributed by atoms with Crippen LogP contribution in [0.15, 0.2) is 42.6 Å². The molecule has 1 aromatic heterocycles. The van der Waals surface area contributed by atoms with E-state index in [1.165, 1.54) is 5.56 Å². The Morgan fingerprint density at radius 3 is 2.57 bits per heavy atom. The van der Waals surface area contributed by atoms with Crippen LogP contribution in [-0.2, 0) is 11.2 Å². The Kier molecular flexibility index (Phi) is 5.32. The molecule has 1 aromatic carbocycles. The minimum atomic E-state index is -0.196. The van der Waals surface area contributed by atoms with Crippen LogP contribution in [0.5, 0.6) is 5.75 Å². The van der Waals surface area contributed by atoms with Crippen molar-refractivity contribution < 1.29 is 9.53 Å². The topological polar surface area (TPSA) is 51.2 Å². The summed E-state index contributed by atoms with van der Waals surface area (Å²) in [5.41, 5.74) is 2.86. The first kappa shape index (κ1) is 15.0. The average Bonchev–Trinajstić information content (AvgIpc) is 2.49. The van der Waals surface area contributed by atoms with Crippen LogP contribution in [0, 0.1) is 6.92 Å². The van der Waals surface area contributed by atoms with Crippen molar-refractivity contribution in [2.45, 2.75) is 26.7 Å². The molecule has 0 atom stereocenters. The Morgan fingerprint density at radius 1 is 1.19 bits per heavy atom. The molecule has 0 spiro atoms. The third kappa shape index (κ3) is 4.91. The van der Waals surface area contributed by atoms with E-state index in [-0.39, 0.29) is 12.5 Å². The van der Waals surface area contributed by atoms with Gasteiger partial charge in [-0.25, -0.2) is 0 Å². The zero-order valence-corrected chi connectivity index (χ0v) is 12.4. The number of anilines is 1. The summed E-state index contributed by atoms with van der Waals surface area (Å²) in [5, 5.41) is 2.74. The molecule has 0 radical (unpaired) electrons. The highest BCUT2D eigenvalue weighted by Crippen LogP contribution is 2.13. The number of hydrogen-bond acceptors (Lipinski definition) is 3. The number of carbonyl (C=O) groups is 1. The molecule has 0 saturated carbocycles. The van der Waals surface area contributed by atoms with E-state index in [0.717, 1.165) is 18.5 Å². The first-order valence-corrected chi connectivity index (χ1v) is 7.11. The number of carbonyl (C=O) groups excluding carboxylic acids is 1. The Bertz CT molecular complexity index is 577. The zero-order valence-electron chi connectivity index (χ0n) is 12.4. The van der Waals surface area contributed by atoms with Crippen LogP contribution >= 0.6 is 0 Å². The number of hydrogen-bond donors (Lipinski definition) is 1. The summed E-state index contributed by atoms with van der Waals surface area (Å²) in [5.74, 6) is 0.505. The molecule has 0 aliphatic rings. The van der Waals surface area contributed by atoms with Crippen molar-refractivity contribution >= 4 is 11.6 Å². The highest BCUT2D eigenvalue weighted by Gasteiger charge is 2.04. The lowest BCUT2D eigenvalue weighted by Gasteiger charge is -2.08. The molecule has 2 rings (SSSR count). The van der Waals surface area contributed by atoms with Gasteiger partial charge in [-0.1, -0.05) is 25.5 Å². The van der Waals surface area contributed by atoms with E-state index in [9.17, 15) is 4.79 Å². The minimum Gasteiger partial charge on any atom is -0.484 e. The summed E-state index contributed by atoms with van der Waals surface area (Å²) >= 11 is 0. The number of nitrogens with zero attached hydrogens (tertiary/aromatic N) is 1. The van der Waals surface area contributed by atoms with Crippen LogP contribution in [0.4, 0.5) is 5.69 Å². The molecule has 1 heterocycles. The molecule has 0 fully saturated rings. The molecule has 0 bridgehead atoms. The summed E-state index contributed by atoms with van der Waals surface area (Å²) in [6.45, 7) is 4.03. The van der Waals surface area contributed by atoms with Gasteiger partial charge in [0.2, 0.25) is 0 Å². The quantitative estimate of drug-likeness (QED) is 0.885. The maximum absolute atomic E-state index is 11.8. The van der Waals surface area contributed by atoms with Gasteiger partial charge in [0.05, 0.1) is 11.9 Å². The summed E-state index contributed by atoms with van der Waals surface area (Å²) in [6.07, 6.45) is 3.81. The maximum atomic E-state index is 11.8. The maximum Gasteiger partial charge on any atom is 0.262 e. The van der Waals surface area contributed by atoms with Gasteiger partial charge in [-0.3, -0.25) is 9.78 Å². The van der Waals surface area contributed by atoms with Gasteiger partial charge in [-0.15, -0.1) is 0 Å². The van der Waals surface area contributed by atoms with Crippen LogP contribution in [0.1, 0.15) is 24.6 Å². The number of benzene rings is 1. The van der Waals surface area contributed by atoms with Gasteiger partial charge in [0.1, 0.15) is 5.75 Å². The van der Waals surface area contributed by atoms with E-state index >= 15 is 0 Å². The SMILES string of the molecule is CCCc1ccc(OCC(=O)Nc2ccc(C)nc2)cc1. The van der Waals surface area contributed by atoms with Crippen molar-refractivity contribution in [2.24, 2.45) is 0 Å². The third-order valence-corrected chi connectivity index (χ3v) is 3.03. The summed E-state index contributed by atoms with van der Waals surface area (Å²) in [7, 11) is 0. The van der Waals surface area contributed by atoms with Gasteiger partial charge in [0.25, 0.3) is 5.91 Å². The van der Waals surface area contributed by atoms with Crippen LogP contribution in [-0.4, -0.2) is 17.5 Å². The highest BCUT2D eigenvalue weighted by atomic mass is 16.5. The molecule has 4 nitrogen and oxygen atoms in total. The summed E-state index contributed by atoms with van der Waals surface area (Å²) in [6, 6.07) is 11.5. The van der Waals surface area contributed by atoms with Gasteiger partial charge in [-0.2, -0.15) is 0 Å². The van der Waals surface area contributed by atoms with Gasteiger partial charge < -0.3 is 10.1 Å². The number of aromatic nitrogens is 1. The molecule has 0 aliphatic heterocycles. The predicted molar refractivity (Wildman–Crippen MR) is 83.5 cm³/mol. The van der Waals surface area contributed by atoms with E-state index in [1.807, 2.05) is 43.3 Å². The lowest BCUT2D eigenvalue weighted by Crippen LogP contribution is -2.20. The smallest absolute Gasteiger partial charge is 0.262 e. The minimum absolute atomic E-state index is 0.0129. The van der Waals surface area contributed by atoms with Crippen molar-refractivity contribution in [1.29, 1.82) is 0 Å². The molecule has 0 aliphatic carbocycles. The van der Waals surface area contributed by atoms with Crippen molar-refractivity contribution in [2.75, 3.05) is 11.9 Å². The summed E-state index contributed by atoms with van der Waals surface area (Å²) < 4.78 is 5.46. The van der Waals surface area contributed by atoms with Crippen LogP contribution in [0.2, 0.25) is 0 Å². The van der Waals surface area contributed by atoms with Gasteiger partial charge in [-0.05, 0) is 43.2 Å². The standard InChI is InChI=1S/C17H20N2O2/c1-3-4-14-6-9-16(10-7-14)21-12-17(20)19-15-8-5-13(2)18-11-15/h5-11H,3-4,12H2,1-2H3,(H,19,20). The second-order valence-corrected chi connectivity index (χ2v) is 4.92. The predicted octanol–water partition coefficient (Wildman–Crippen LogP) is 3.36. The Morgan fingerprint density at radius 2 is 1.95 bits per heavy atom. The number of amides is 1. The Labute approximate surface area is 125 Å². The normalized spacial score (nSPS) is 10.2. The first-order valence-electron chi connectivity index (χ1n) is 7.11. The number of nitrogens with one attached hydrogen (secondary N) is 1. The van der Waals surface area contributed by atoms with Gasteiger partial charge in [0, 0.05) is 5.69 Å². The summed E-state index contributed by atoms with van der Waals surface area (Å²) in [4.78, 5) is 15.9. The molecule has 0 unspecified atom stereocenters. The molecule has 1 N–H and O–H groups in total. The lowest BCUT2D eigenvalue weighted by atomic mass is 10.1. The van der Waals surface area contributed by atoms with Gasteiger partial charge in [0.15, 0.2) is 6.61 Å².